The maximum absolute atomic E-state index is 4.69. The Labute approximate surface area is 173 Å². The van der Waals surface area contributed by atoms with Crippen molar-refractivity contribution in [3.63, 3.8) is 0 Å². The van der Waals surface area contributed by atoms with Crippen LogP contribution < -0.4 is 10.2 Å². The number of aromatic nitrogens is 2. The quantitative estimate of drug-likeness (QED) is 0.563. The molecule has 4 rings (SSSR count). The number of nitrogens with one attached hydrogen (secondary N) is 1. The van der Waals surface area contributed by atoms with Crippen LogP contribution in [-0.4, -0.2) is 22.6 Å². The van der Waals surface area contributed by atoms with E-state index in [1.165, 1.54) is 24.1 Å². The molecule has 0 saturated carbocycles. The lowest BCUT2D eigenvalue weighted by atomic mass is 10.1. The minimum absolute atomic E-state index is 0.774. The van der Waals surface area contributed by atoms with Crippen LogP contribution >= 0.6 is 0 Å². The van der Waals surface area contributed by atoms with Crippen molar-refractivity contribution < 1.29 is 0 Å². The molecule has 0 spiro atoms. The molecule has 0 atom stereocenters. The van der Waals surface area contributed by atoms with Crippen LogP contribution in [0.15, 0.2) is 67.4 Å². The predicted molar refractivity (Wildman–Crippen MR) is 124 cm³/mol. The third-order valence-electron chi connectivity index (χ3n) is 5.29. The molecular weight excluding hydrogens is 356 g/mol. The van der Waals surface area contributed by atoms with E-state index in [1.54, 1.807) is 0 Å². The Morgan fingerprint density at radius 2 is 1.90 bits per heavy atom. The lowest BCUT2D eigenvalue weighted by molar-refractivity contribution is 0.949. The van der Waals surface area contributed by atoms with Crippen molar-refractivity contribution in [1.82, 2.24) is 9.55 Å². The van der Waals surface area contributed by atoms with Crippen LogP contribution in [0.25, 0.3) is 23.2 Å². The number of nitrogens with zero attached hydrogens (tertiary/aromatic N) is 3. The van der Waals surface area contributed by atoms with Gasteiger partial charge in [-0.25, -0.2) is 4.98 Å². The number of hydrogen-bond donors (Lipinski definition) is 1. The van der Waals surface area contributed by atoms with Gasteiger partial charge in [0, 0.05) is 36.2 Å². The van der Waals surface area contributed by atoms with E-state index < -0.39 is 0 Å². The SMILES string of the molecule is C=C(Nc1cccc(C)c1)c1ncc(-c2cccc(N3CCCC3)c2)n1/C=C\C. The van der Waals surface area contributed by atoms with Gasteiger partial charge in [-0.05, 0) is 56.5 Å². The molecule has 2 aromatic carbocycles. The first kappa shape index (κ1) is 19.1. The third kappa shape index (κ3) is 4.11. The molecular formula is C25H28N4. The monoisotopic (exact) mass is 384 g/mol. The van der Waals surface area contributed by atoms with E-state index in [2.05, 4.69) is 64.7 Å². The summed E-state index contributed by atoms with van der Waals surface area (Å²) in [5.74, 6) is 0.811. The van der Waals surface area contributed by atoms with Gasteiger partial charge in [0.1, 0.15) is 0 Å². The van der Waals surface area contributed by atoms with Gasteiger partial charge in [-0.15, -0.1) is 0 Å². The summed E-state index contributed by atoms with van der Waals surface area (Å²) >= 11 is 0. The Morgan fingerprint density at radius 3 is 2.66 bits per heavy atom. The van der Waals surface area contributed by atoms with Gasteiger partial charge in [-0.2, -0.15) is 0 Å². The van der Waals surface area contributed by atoms with Crippen molar-refractivity contribution in [2.24, 2.45) is 0 Å². The summed E-state index contributed by atoms with van der Waals surface area (Å²) < 4.78 is 2.11. The van der Waals surface area contributed by atoms with E-state index in [0.717, 1.165) is 41.6 Å². The fourth-order valence-corrected chi connectivity index (χ4v) is 3.89. The van der Waals surface area contributed by atoms with Gasteiger partial charge >= 0.3 is 0 Å². The summed E-state index contributed by atoms with van der Waals surface area (Å²) in [5, 5.41) is 3.40. The maximum Gasteiger partial charge on any atom is 0.160 e. The maximum atomic E-state index is 4.69. The fourth-order valence-electron chi connectivity index (χ4n) is 3.89. The van der Waals surface area contributed by atoms with Crippen molar-refractivity contribution in [3.05, 3.63) is 78.8 Å². The molecule has 0 unspecified atom stereocenters. The number of rotatable bonds is 6. The van der Waals surface area contributed by atoms with E-state index in [0.29, 0.717) is 0 Å². The van der Waals surface area contributed by atoms with E-state index in [-0.39, 0.29) is 0 Å². The van der Waals surface area contributed by atoms with Crippen molar-refractivity contribution >= 4 is 23.3 Å². The zero-order valence-electron chi connectivity index (χ0n) is 17.2. The molecule has 3 aromatic rings. The number of benzene rings is 2. The molecule has 2 heterocycles. The van der Waals surface area contributed by atoms with Crippen LogP contribution in [0.4, 0.5) is 11.4 Å². The average molecular weight is 385 g/mol. The second-order valence-electron chi connectivity index (χ2n) is 7.54. The van der Waals surface area contributed by atoms with Crippen molar-refractivity contribution in [2.75, 3.05) is 23.3 Å². The molecule has 4 nitrogen and oxygen atoms in total. The second kappa shape index (κ2) is 8.39. The van der Waals surface area contributed by atoms with Crippen LogP contribution in [0.2, 0.25) is 0 Å². The summed E-state index contributed by atoms with van der Waals surface area (Å²) in [4.78, 5) is 7.15. The van der Waals surface area contributed by atoms with Gasteiger partial charge in [-0.3, -0.25) is 4.57 Å². The number of anilines is 2. The van der Waals surface area contributed by atoms with Gasteiger partial charge in [0.25, 0.3) is 0 Å². The Kier molecular flexibility index (Phi) is 5.52. The Hall–Kier alpha value is -3.27. The summed E-state index contributed by atoms with van der Waals surface area (Å²) in [6, 6.07) is 17.0. The molecule has 1 aliphatic rings. The lowest BCUT2D eigenvalue weighted by Crippen LogP contribution is -2.17. The molecule has 0 amide bonds. The van der Waals surface area contributed by atoms with Crippen molar-refractivity contribution in [2.45, 2.75) is 26.7 Å². The van der Waals surface area contributed by atoms with Crippen LogP contribution in [-0.2, 0) is 0 Å². The molecule has 1 N–H and O–H groups in total. The molecule has 0 radical (unpaired) electrons. The molecule has 1 fully saturated rings. The minimum Gasteiger partial charge on any atom is -0.372 e. The van der Waals surface area contributed by atoms with Crippen molar-refractivity contribution in [1.29, 1.82) is 0 Å². The number of hydrogen-bond acceptors (Lipinski definition) is 3. The summed E-state index contributed by atoms with van der Waals surface area (Å²) in [5.41, 5.74) is 6.50. The molecule has 4 heteroatoms. The normalized spacial score (nSPS) is 13.9. The second-order valence-corrected chi connectivity index (χ2v) is 7.54. The van der Waals surface area contributed by atoms with E-state index in [9.17, 15) is 0 Å². The van der Waals surface area contributed by atoms with Crippen LogP contribution in [0.5, 0.6) is 0 Å². The van der Waals surface area contributed by atoms with Gasteiger partial charge in [0.15, 0.2) is 5.82 Å². The smallest absolute Gasteiger partial charge is 0.160 e. The first-order chi connectivity index (χ1) is 14.2. The summed E-state index contributed by atoms with van der Waals surface area (Å²) in [7, 11) is 0. The van der Waals surface area contributed by atoms with E-state index in [1.807, 2.05) is 37.5 Å². The largest absolute Gasteiger partial charge is 0.372 e. The van der Waals surface area contributed by atoms with Crippen LogP contribution in [0.3, 0.4) is 0 Å². The van der Waals surface area contributed by atoms with E-state index in [4.69, 9.17) is 4.98 Å². The molecule has 1 aromatic heterocycles. The van der Waals surface area contributed by atoms with Crippen molar-refractivity contribution in [3.8, 4) is 11.3 Å². The van der Waals surface area contributed by atoms with Gasteiger partial charge in [0.2, 0.25) is 0 Å². The first-order valence-electron chi connectivity index (χ1n) is 10.2. The van der Waals surface area contributed by atoms with Gasteiger partial charge in [-0.1, -0.05) is 36.9 Å². The highest BCUT2D eigenvalue weighted by Crippen LogP contribution is 2.29. The highest BCUT2D eigenvalue weighted by Gasteiger charge is 2.16. The summed E-state index contributed by atoms with van der Waals surface area (Å²) in [6.07, 6.45) is 8.55. The highest BCUT2D eigenvalue weighted by atomic mass is 15.1. The zero-order valence-corrected chi connectivity index (χ0v) is 17.2. The molecule has 1 aliphatic heterocycles. The highest BCUT2D eigenvalue weighted by molar-refractivity contribution is 5.76. The Bertz CT molecular complexity index is 1040. The molecule has 0 aliphatic carbocycles. The third-order valence-corrected chi connectivity index (χ3v) is 5.29. The predicted octanol–water partition coefficient (Wildman–Crippen LogP) is 6.03. The standard InChI is InChI=1S/C25H28N4/c1-4-13-29-24(21-10-8-12-23(17-21)28-14-5-6-15-28)18-26-25(29)20(3)27-22-11-7-9-19(2)16-22/h4,7-13,16-18,27H,3,5-6,14-15H2,1-2H3/b13-4-. The van der Waals surface area contributed by atoms with Crippen LogP contribution in [0.1, 0.15) is 31.2 Å². The Morgan fingerprint density at radius 1 is 1.10 bits per heavy atom. The van der Waals surface area contributed by atoms with Gasteiger partial charge in [0.05, 0.1) is 17.6 Å². The Balaban J connectivity index is 1.66. The lowest BCUT2D eigenvalue weighted by Gasteiger charge is -2.18. The topological polar surface area (TPSA) is 33.1 Å². The average Bonchev–Trinajstić information content (AvgIpc) is 3.39. The number of allylic oxidation sites excluding steroid dienone is 1. The molecule has 148 valence electrons. The van der Waals surface area contributed by atoms with E-state index >= 15 is 0 Å². The zero-order chi connectivity index (χ0) is 20.2. The van der Waals surface area contributed by atoms with Gasteiger partial charge < -0.3 is 10.2 Å². The first-order valence-corrected chi connectivity index (χ1v) is 10.2. The fraction of sp³-hybridized carbons (Fsp3) is 0.240. The van der Waals surface area contributed by atoms with Crippen LogP contribution in [0, 0.1) is 6.92 Å². The molecule has 1 saturated heterocycles. The molecule has 0 bridgehead atoms. The number of aryl methyl sites for hydroxylation is 1. The molecule has 29 heavy (non-hydrogen) atoms. The summed E-state index contributed by atoms with van der Waals surface area (Å²) in [6.45, 7) is 10.6. The number of imidazole rings is 1. The minimum atomic E-state index is 0.774.